The summed E-state index contributed by atoms with van der Waals surface area (Å²) < 4.78 is 0. The molecule has 3 heterocycles. The van der Waals surface area contributed by atoms with Crippen LogP contribution in [0.4, 0.5) is 0 Å². The second-order valence-corrected chi connectivity index (χ2v) is 3.88. The molecule has 0 aliphatic carbocycles. The Bertz CT molecular complexity index is 583. The average Bonchev–Trinajstić information content (AvgIpc) is 2.49. The second-order valence-electron chi connectivity index (χ2n) is 3.88. The Morgan fingerprint density at radius 1 is 0.684 bits per heavy atom. The van der Waals surface area contributed by atoms with Gasteiger partial charge in [-0.05, 0) is 24.3 Å². The summed E-state index contributed by atoms with van der Waals surface area (Å²) in [5, 5.41) is 0. The number of hydrogen-bond donors (Lipinski definition) is 0. The molecule has 3 nitrogen and oxygen atoms in total. The Morgan fingerprint density at radius 3 is 1.95 bits per heavy atom. The van der Waals surface area contributed by atoms with Crippen LogP contribution in [-0.2, 0) is 21.1 Å². The van der Waals surface area contributed by atoms with Gasteiger partial charge in [0.25, 0.3) is 0 Å². The third kappa shape index (κ3) is 2.94. The first kappa shape index (κ1) is 13.6. The number of aromatic nitrogens is 3. The van der Waals surface area contributed by atoms with E-state index in [1.807, 2.05) is 48.8 Å². The minimum atomic E-state index is 0. The molecule has 4 heteroatoms. The third-order valence-corrected chi connectivity index (χ3v) is 2.72. The molecule has 0 aromatic carbocycles. The fourth-order valence-electron chi connectivity index (χ4n) is 1.89. The predicted molar refractivity (Wildman–Crippen MR) is 70.7 cm³/mol. The molecule has 3 aromatic heterocycles. The molecule has 0 unspecified atom stereocenters. The summed E-state index contributed by atoms with van der Waals surface area (Å²) in [4.78, 5) is 12.8. The Labute approximate surface area is 126 Å². The molecule has 0 saturated carbocycles. The molecule has 96 valence electrons. The third-order valence-electron chi connectivity index (χ3n) is 2.72. The van der Waals surface area contributed by atoms with E-state index in [1.54, 1.807) is 18.6 Å². The van der Waals surface area contributed by atoms with Crippen LogP contribution >= 0.6 is 0 Å². The van der Waals surface area contributed by atoms with Gasteiger partial charge in [0.2, 0.25) is 0 Å². The molecule has 0 bridgehead atoms. The number of hydrogen-bond acceptors (Lipinski definition) is 3. The van der Waals surface area contributed by atoms with E-state index in [1.165, 1.54) is 0 Å². The molecule has 0 aliphatic heterocycles. The number of pyridine rings is 3. The Balaban J connectivity index is 0.00000133. The number of nitrogens with zero attached hydrogens (tertiary/aromatic N) is 3. The number of rotatable bonds is 2. The van der Waals surface area contributed by atoms with Gasteiger partial charge in [-0.3, -0.25) is 15.0 Å². The molecule has 0 amide bonds. The zero-order valence-electron chi connectivity index (χ0n) is 10.0. The summed E-state index contributed by atoms with van der Waals surface area (Å²) >= 11 is 0. The molecule has 0 radical (unpaired) electrons. The van der Waals surface area contributed by atoms with Gasteiger partial charge in [-0.1, -0.05) is 12.1 Å². The van der Waals surface area contributed by atoms with Crippen LogP contribution in [0.3, 0.4) is 0 Å². The molecule has 0 N–H and O–H groups in total. The summed E-state index contributed by atoms with van der Waals surface area (Å²) in [7, 11) is 0. The quantitative estimate of drug-likeness (QED) is 0.630. The van der Waals surface area contributed by atoms with E-state index in [0.717, 1.165) is 22.4 Å². The first-order valence-corrected chi connectivity index (χ1v) is 5.71. The summed E-state index contributed by atoms with van der Waals surface area (Å²) in [5.74, 6) is 0. The molecule has 3 aromatic rings. The largest absolute Gasteiger partial charge is 0.264 e. The van der Waals surface area contributed by atoms with E-state index >= 15 is 0 Å². The van der Waals surface area contributed by atoms with Crippen LogP contribution < -0.4 is 0 Å². The first-order valence-electron chi connectivity index (χ1n) is 5.71. The maximum atomic E-state index is 4.46. The minimum Gasteiger partial charge on any atom is -0.264 e. The monoisotopic (exact) mass is 428 g/mol. The van der Waals surface area contributed by atoms with E-state index in [4.69, 9.17) is 0 Å². The van der Waals surface area contributed by atoms with Crippen molar-refractivity contribution >= 4 is 0 Å². The fraction of sp³-hybridized carbons (Fsp3) is 0. The maximum absolute atomic E-state index is 4.46. The molecule has 19 heavy (non-hydrogen) atoms. The van der Waals surface area contributed by atoms with Gasteiger partial charge in [-0.25, -0.2) is 0 Å². The summed E-state index contributed by atoms with van der Waals surface area (Å²) in [6.45, 7) is 0. The summed E-state index contributed by atoms with van der Waals surface area (Å²) in [6.07, 6.45) is 8.99. The van der Waals surface area contributed by atoms with Gasteiger partial charge < -0.3 is 0 Å². The maximum Gasteiger partial charge on any atom is 0.0796 e. The molecule has 0 spiro atoms. The molecule has 3 rings (SSSR count). The summed E-state index contributed by atoms with van der Waals surface area (Å²) in [5.41, 5.74) is 4.07. The van der Waals surface area contributed by atoms with Crippen LogP contribution in [-0.4, -0.2) is 15.0 Å². The molecular formula is C15H11N3Pt. The Hall–Kier alpha value is -1.86. The van der Waals surface area contributed by atoms with Crippen LogP contribution in [0.15, 0.2) is 67.4 Å². The van der Waals surface area contributed by atoms with Crippen molar-refractivity contribution in [1.29, 1.82) is 0 Å². The molecule has 0 atom stereocenters. The van der Waals surface area contributed by atoms with E-state index in [0.29, 0.717) is 0 Å². The van der Waals surface area contributed by atoms with Crippen molar-refractivity contribution < 1.29 is 21.1 Å². The van der Waals surface area contributed by atoms with Gasteiger partial charge in [0, 0.05) is 68.7 Å². The SMILES string of the molecule is [Pt].c1cncc(-c2cccnc2-c2cccnc2)c1. The molecule has 0 saturated heterocycles. The zero-order valence-corrected chi connectivity index (χ0v) is 12.3. The predicted octanol–water partition coefficient (Wildman–Crippen LogP) is 3.20. The minimum absolute atomic E-state index is 0. The van der Waals surface area contributed by atoms with Gasteiger partial charge >= 0.3 is 0 Å². The van der Waals surface area contributed by atoms with Crippen molar-refractivity contribution in [2.24, 2.45) is 0 Å². The van der Waals surface area contributed by atoms with E-state index in [-0.39, 0.29) is 21.1 Å². The Morgan fingerprint density at radius 2 is 1.32 bits per heavy atom. The summed E-state index contributed by atoms with van der Waals surface area (Å²) in [6, 6.07) is 11.9. The van der Waals surface area contributed by atoms with Crippen LogP contribution in [0.25, 0.3) is 22.4 Å². The van der Waals surface area contributed by atoms with Crippen molar-refractivity contribution in [3.63, 3.8) is 0 Å². The second kappa shape index (κ2) is 6.35. The van der Waals surface area contributed by atoms with Crippen molar-refractivity contribution in [1.82, 2.24) is 15.0 Å². The van der Waals surface area contributed by atoms with Gasteiger partial charge in [0.05, 0.1) is 5.69 Å². The standard InChI is InChI=1S/C15H11N3.Pt/c1-4-12(10-16-7-1)14-6-3-9-18-15(14)13-5-2-8-17-11-13;/h1-11H;. The molecular weight excluding hydrogens is 417 g/mol. The fourth-order valence-corrected chi connectivity index (χ4v) is 1.89. The first-order chi connectivity index (χ1) is 8.95. The normalized spacial score (nSPS) is 9.68. The van der Waals surface area contributed by atoms with E-state index in [9.17, 15) is 0 Å². The van der Waals surface area contributed by atoms with Crippen molar-refractivity contribution in [2.45, 2.75) is 0 Å². The van der Waals surface area contributed by atoms with Gasteiger partial charge in [-0.15, -0.1) is 0 Å². The molecule has 0 fully saturated rings. The van der Waals surface area contributed by atoms with Crippen molar-refractivity contribution in [2.75, 3.05) is 0 Å². The average molecular weight is 428 g/mol. The van der Waals surface area contributed by atoms with E-state index < -0.39 is 0 Å². The zero-order chi connectivity index (χ0) is 12.2. The van der Waals surface area contributed by atoms with Crippen LogP contribution in [0.1, 0.15) is 0 Å². The molecule has 0 aliphatic rings. The van der Waals surface area contributed by atoms with Crippen LogP contribution in [0.5, 0.6) is 0 Å². The van der Waals surface area contributed by atoms with Gasteiger partial charge in [0.1, 0.15) is 0 Å². The van der Waals surface area contributed by atoms with Crippen LogP contribution in [0.2, 0.25) is 0 Å². The van der Waals surface area contributed by atoms with Gasteiger partial charge in [0.15, 0.2) is 0 Å². The van der Waals surface area contributed by atoms with Crippen molar-refractivity contribution in [3.05, 3.63) is 67.4 Å². The van der Waals surface area contributed by atoms with Gasteiger partial charge in [-0.2, -0.15) is 0 Å². The van der Waals surface area contributed by atoms with Crippen LogP contribution in [0, 0.1) is 0 Å². The van der Waals surface area contributed by atoms with Crippen molar-refractivity contribution in [3.8, 4) is 22.4 Å². The smallest absolute Gasteiger partial charge is 0.0796 e. The Kier molecular flexibility index (Phi) is 4.53. The van der Waals surface area contributed by atoms with E-state index in [2.05, 4.69) is 15.0 Å². The topological polar surface area (TPSA) is 38.7 Å².